The van der Waals surface area contributed by atoms with E-state index in [1.165, 1.54) is 18.3 Å². The highest BCUT2D eigenvalue weighted by Gasteiger charge is 2.28. The summed E-state index contributed by atoms with van der Waals surface area (Å²) in [4.78, 5) is 3.79. The van der Waals surface area contributed by atoms with E-state index in [9.17, 15) is 13.2 Å². The third kappa shape index (κ3) is 3.31. The molecule has 2 nitrogen and oxygen atoms in total. The highest BCUT2D eigenvalue weighted by Crippen LogP contribution is 2.19. The third-order valence-corrected chi connectivity index (χ3v) is 1.35. The lowest BCUT2D eigenvalue weighted by atomic mass is 10.3. The van der Waals surface area contributed by atoms with E-state index in [4.69, 9.17) is 0 Å². The molecule has 0 aliphatic rings. The molecule has 0 unspecified atom stereocenters. The molecular formula is C8H8F3NO. The van der Waals surface area contributed by atoms with Crippen LogP contribution in [0.4, 0.5) is 13.2 Å². The number of rotatable bonds is 2. The minimum Gasteiger partial charge on any atom is -0.482 e. The van der Waals surface area contributed by atoms with Gasteiger partial charge >= 0.3 is 6.18 Å². The normalized spacial score (nSPS) is 11.4. The number of aromatic nitrogens is 1. The van der Waals surface area contributed by atoms with Gasteiger partial charge in [-0.05, 0) is 19.1 Å². The van der Waals surface area contributed by atoms with E-state index in [0.717, 1.165) is 0 Å². The van der Waals surface area contributed by atoms with Gasteiger partial charge in [0.05, 0.1) is 5.69 Å². The summed E-state index contributed by atoms with van der Waals surface area (Å²) in [6, 6.07) is 2.98. The molecule has 0 saturated heterocycles. The maximum Gasteiger partial charge on any atom is 0.422 e. The topological polar surface area (TPSA) is 22.1 Å². The molecular weight excluding hydrogens is 183 g/mol. The first-order valence-corrected chi connectivity index (χ1v) is 3.60. The number of nitrogens with zero attached hydrogens (tertiary/aromatic N) is 1. The molecule has 0 radical (unpaired) electrons. The van der Waals surface area contributed by atoms with Crippen molar-refractivity contribution in [1.82, 2.24) is 4.98 Å². The second-order valence-corrected chi connectivity index (χ2v) is 2.49. The van der Waals surface area contributed by atoms with Gasteiger partial charge < -0.3 is 4.74 Å². The van der Waals surface area contributed by atoms with Gasteiger partial charge in [-0.2, -0.15) is 13.2 Å². The average molecular weight is 191 g/mol. The highest BCUT2D eigenvalue weighted by molar-refractivity contribution is 5.25. The predicted molar refractivity (Wildman–Crippen MR) is 40.5 cm³/mol. The standard InChI is InChI=1S/C8H8F3NO/c1-6-7(3-2-4-12-6)13-5-8(9,10)11/h2-4H,5H2,1H3. The van der Waals surface area contributed by atoms with Crippen molar-refractivity contribution in [3.8, 4) is 5.75 Å². The Morgan fingerprint density at radius 3 is 2.69 bits per heavy atom. The van der Waals surface area contributed by atoms with E-state index in [0.29, 0.717) is 5.69 Å². The lowest BCUT2D eigenvalue weighted by molar-refractivity contribution is -0.153. The van der Waals surface area contributed by atoms with Gasteiger partial charge in [0.2, 0.25) is 0 Å². The Balaban J connectivity index is 2.60. The van der Waals surface area contributed by atoms with Gasteiger partial charge in [-0.25, -0.2) is 0 Å². The molecule has 0 N–H and O–H groups in total. The number of aryl methyl sites for hydroxylation is 1. The van der Waals surface area contributed by atoms with Gasteiger partial charge in [0, 0.05) is 6.20 Å². The van der Waals surface area contributed by atoms with Gasteiger partial charge in [-0.3, -0.25) is 4.98 Å². The van der Waals surface area contributed by atoms with Crippen molar-refractivity contribution >= 4 is 0 Å². The number of alkyl halides is 3. The zero-order chi connectivity index (χ0) is 9.90. The summed E-state index contributed by atoms with van der Waals surface area (Å²) in [6.45, 7) is 0.311. The molecule has 1 aromatic heterocycles. The molecule has 1 heterocycles. The summed E-state index contributed by atoms with van der Waals surface area (Å²) in [5.41, 5.74) is 0.451. The second-order valence-electron chi connectivity index (χ2n) is 2.49. The second kappa shape index (κ2) is 3.64. The van der Waals surface area contributed by atoms with Crippen molar-refractivity contribution in [3.05, 3.63) is 24.0 Å². The molecule has 13 heavy (non-hydrogen) atoms. The van der Waals surface area contributed by atoms with Gasteiger partial charge in [0.25, 0.3) is 0 Å². The largest absolute Gasteiger partial charge is 0.482 e. The fourth-order valence-corrected chi connectivity index (χ4v) is 0.782. The first kappa shape index (κ1) is 9.83. The number of halogens is 3. The average Bonchev–Trinajstić information content (AvgIpc) is 2.01. The Hall–Kier alpha value is -1.26. The highest BCUT2D eigenvalue weighted by atomic mass is 19.4. The minimum absolute atomic E-state index is 0.167. The van der Waals surface area contributed by atoms with Gasteiger partial charge in [-0.1, -0.05) is 0 Å². The quantitative estimate of drug-likeness (QED) is 0.715. The molecule has 0 fully saturated rings. The smallest absolute Gasteiger partial charge is 0.422 e. The first-order chi connectivity index (χ1) is 5.99. The van der Waals surface area contributed by atoms with Crippen LogP contribution >= 0.6 is 0 Å². The molecule has 0 aliphatic heterocycles. The van der Waals surface area contributed by atoms with Gasteiger partial charge in [0.15, 0.2) is 6.61 Å². The van der Waals surface area contributed by atoms with Crippen LogP contribution in [0.25, 0.3) is 0 Å². The zero-order valence-electron chi connectivity index (χ0n) is 6.93. The maximum atomic E-state index is 11.7. The van der Waals surface area contributed by atoms with Crippen LogP contribution in [-0.4, -0.2) is 17.8 Å². The van der Waals surface area contributed by atoms with Crippen molar-refractivity contribution < 1.29 is 17.9 Å². The SMILES string of the molecule is Cc1ncccc1OCC(F)(F)F. The fourth-order valence-electron chi connectivity index (χ4n) is 0.782. The number of pyridine rings is 1. The first-order valence-electron chi connectivity index (χ1n) is 3.60. The molecule has 0 atom stereocenters. The fraction of sp³-hybridized carbons (Fsp3) is 0.375. The van der Waals surface area contributed by atoms with Crippen molar-refractivity contribution in [1.29, 1.82) is 0 Å². The minimum atomic E-state index is -4.30. The van der Waals surface area contributed by atoms with Crippen LogP contribution in [0.2, 0.25) is 0 Å². The van der Waals surface area contributed by atoms with E-state index < -0.39 is 12.8 Å². The molecule has 0 amide bonds. The number of hydrogen-bond donors (Lipinski definition) is 0. The third-order valence-electron chi connectivity index (χ3n) is 1.35. The Kier molecular flexibility index (Phi) is 2.75. The van der Waals surface area contributed by atoms with Crippen molar-refractivity contribution in [2.75, 3.05) is 6.61 Å². The van der Waals surface area contributed by atoms with Crippen molar-refractivity contribution in [2.24, 2.45) is 0 Å². The monoisotopic (exact) mass is 191 g/mol. The van der Waals surface area contributed by atoms with E-state index in [1.807, 2.05) is 0 Å². The van der Waals surface area contributed by atoms with E-state index in [-0.39, 0.29) is 5.75 Å². The van der Waals surface area contributed by atoms with Crippen LogP contribution < -0.4 is 4.74 Å². The Morgan fingerprint density at radius 2 is 2.15 bits per heavy atom. The summed E-state index contributed by atoms with van der Waals surface area (Å²) < 4.78 is 39.7. The van der Waals surface area contributed by atoms with Crippen LogP contribution in [0.3, 0.4) is 0 Å². The van der Waals surface area contributed by atoms with Crippen LogP contribution in [0.15, 0.2) is 18.3 Å². The molecule has 0 bridgehead atoms. The van der Waals surface area contributed by atoms with Gasteiger partial charge in [0.1, 0.15) is 5.75 Å². The summed E-state index contributed by atoms with van der Waals surface area (Å²) >= 11 is 0. The number of ether oxygens (including phenoxy) is 1. The predicted octanol–water partition coefficient (Wildman–Crippen LogP) is 2.33. The summed E-state index contributed by atoms with van der Waals surface area (Å²) in [7, 11) is 0. The van der Waals surface area contributed by atoms with Crippen molar-refractivity contribution in [3.63, 3.8) is 0 Å². The van der Waals surface area contributed by atoms with Gasteiger partial charge in [-0.15, -0.1) is 0 Å². The lowest BCUT2D eigenvalue weighted by Gasteiger charge is -2.09. The lowest BCUT2D eigenvalue weighted by Crippen LogP contribution is -2.19. The van der Waals surface area contributed by atoms with E-state index >= 15 is 0 Å². The van der Waals surface area contributed by atoms with E-state index in [2.05, 4.69) is 9.72 Å². The van der Waals surface area contributed by atoms with Crippen molar-refractivity contribution in [2.45, 2.75) is 13.1 Å². The molecule has 72 valence electrons. The molecule has 0 aromatic carbocycles. The zero-order valence-corrected chi connectivity index (χ0v) is 6.93. The molecule has 0 saturated carbocycles. The summed E-state index contributed by atoms with van der Waals surface area (Å²) in [5, 5.41) is 0. The molecule has 0 spiro atoms. The Morgan fingerprint density at radius 1 is 1.46 bits per heavy atom. The summed E-state index contributed by atoms with van der Waals surface area (Å²) in [5.74, 6) is 0.167. The van der Waals surface area contributed by atoms with Crippen LogP contribution in [0.5, 0.6) is 5.75 Å². The van der Waals surface area contributed by atoms with E-state index in [1.54, 1.807) is 6.92 Å². The molecule has 1 aromatic rings. The molecule has 5 heteroatoms. The molecule has 0 aliphatic carbocycles. The van der Waals surface area contributed by atoms with Crippen LogP contribution in [-0.2, 0) is 0 Å². The Labute approximate surface area is 73.4 Å². The maximum absolute atomic E-state index is 11.7. The summed E-state index contributed by atoms with van der Waals surface area (Å²) in [6.07, 6.45) is -2.81. The Bertz CT molecular complexity index is 285. The number of hydrogen-bond acceptors (Lipinski definition) is 2. The van der Waals surface area contributed by atoms with Crippen LogP contribution in [0.1, 0.15) is 5.69 Å². The molecule has 1 rings (SSSR count). The van der Waals surface area contributed by atoms with Crippen LogP contribution in [0, 0.1) is 6.92 Å².